The monoisotopic (exact) mass is 279 g/mol. The highest BCUT2D eigenvalue weighted by atomic mass is 32.2. The first-order chi connectivity index (χ1) is 9.20. The van der Waals surface area contributed by atoms with Crippen molar-refractivity contribution in [1.29, 1.82) is 0 Å². The van der Waals surface area contributed by atoms with Gasteiger partial charge in [0.25, 0.3) is 0 Å². The summed E-state index contributed by atoms with van der Waals surface area (Å²) in [5.41, 5.74) is 2.52. The van der Waals surface area contributed by atoms with Gasteiger partial charge in [-0.25, -0.2) is 0 Å². The molecule has 1 heterocycles. The first-order valence-electron chi connectivity index (χ1n) is 6.74. The van der Waals surface area contributed by atoms with Gasteiger partial charge < -0.3 is 10.0 Å². The molecule has 1 aliphatic heterocycles. The van der Waals surface area contributed by atoms with Crippen molar-refractivity contribution in [2.24, 2.45) is 0 Å². The lowest BCUT2D eigenvalue weighted by Crippen LogP contribution is -2.38. The van der Waals surface area contributed by atoms with E-state index >= 15 is 0 Å². The van der Waals surface area contributed by atoms with Gasteiger partial charge in [0.15, 0.2) is 0 Å². The zero-order chi connectivity index (χ0) is 13.7. The minimum atomic E-state index is 0.0482. The summed E-state index contributed by atoms with van der Waals surface area (Å²) < 4.78 is 0. The van der Waals surface area contributed by atoms with Crippen LogP contribution in [0, 0.1) is 6.92 Å². The lowest BCUT2D eigenvalue weighted by molar-refractivity contribution is -0.129. The number of hydrogen-bond donors (Lipinski definition) is 1. The lowest BCUT2D eigenvalue weighted by atomic mass is 10.2. The van der Waals surface area contributed by atoms with Gasteiger partial charge in [0.2, 0.25) is 5.91 Å². The van der Waals surface area contributed by atoms with Crippen molar-refractivity contribution in [2.75, 3.05) is 18.9 Å². The molecule has 0 saturated carbocycles. The molecule has 1 saturated heterocycles. The lowest BCUT2D eigenvalue weighted by Gasteiger charge is -2.22. The molecule has 1 fully saturated rings. The van der Waals surface area contributed by atoms with E-state index < -0.39 is 0 Å². The molecule has 0 aromatic heterocycles. The average Bonchev–Trinajstić information content (AvgIpc) is 2.87. The van der Waals surface area contributed by atoms with E-state index in [1.54, 1.807) is 11.8 Å². The maximum absolute atomic E-state index is 12.1. The molecule has 2 rings (SSSR count). The second-order valence-corrected chi connectivity index (χ2v) is 6.03. The summed E-state index contributed by atoms with van der Waals surface area (Å²) in [6, 6.07) is 8.43. The van der Waals surface area contributed by atoms with Crippen molar-refractivity contribution in [1.82, 2.24) is 4.90 Å². The second-order valence-electron chi connectivity index (χ2n) is 5.05. The zero-order valence-corrected chi connectivity index (χ0v) is 12.2. The molecule has 1 amide bonds. The van der Waals surface area contributed by atoms with E-state index in [1.165, 1.54) is 11.1 Å². The molecule has 4 heteroatoms. The Labute approximate surface area is 119 Å². The largest absolute Gasteiger partial charge is 0.394 e. The van der Waals surface area contributed by atoms with Gasteiger partial charge in [-0.15, -0.1) is 11.8 Å². The molecule has 0 aliphatic carbocycles. The SMILES string of the molecule is Cc1cccc(CSCC(=O)N2CCCC2CO)c1. The predicted octanol–water partition coefficient (Wildman–Crippen LogP) is 2.21. The summed E-state index contributed by atoms with van der Waals surface area (Å²) in [4.78, 5) is 13.9. The van der Waals surface area contributed by atoms with Gasteiger partial charge in [0.1, 0.15) is 0 Å². The molecule has 1 unspecified atom stereocenters. The maximum Gasteiger partial charge on any atom is 0.232 e. The van der Waals surface area contributed by atoms with Gasteiger partial charge in [-0.05, 0) is 25.3 Å². The van der Waals surface area contributed by atoms with E-state index in [0.29, 0.717) is 5.75 Å². The summed E-state index contributed by atoms with van der Waals surface area (Å²) in [6.07, 6.45) is 1.95. The molecule has 0 spiro atoms. The highest BCUT2D eigenvalue weighted by Gasteiger charge is 2.27. The molecular formula is C15H21NO2S. The van der Waals surface area contributed by atoms with Crippen molar-refractivity contribution in [3.05, 3.63) is 35.4 Å². The Hall–Kier alpha value is -1.00. The molecule has 104 valence electrons. The summed E-state index contributed by atoms with van der Waals surface area (Å²) >= 11 is 1.65. The van der Waals surface area contributed by atoms with E-state index in [4.69, 9.17) is 0 Å². The van der Waals surface area contributed by atoms with Gasteiger partial charge in [-0.3, -0.25) is 4.79 Å². The average molecular weight is 279 g/mol. The topological polar surface area (TPSA) is 40.5 Å². The number of benzene rings is 1. The fraction of sp³-hybridized carbons (Fsp3) is 0.533. The van der Waals surface area contributed by atoms with Crippen LogP contribution in [-0.2, 0) is 10.5 Å². The third kappa shape index (κ3) is 3.98. The smallest absolute Gasteiger partial charge is 0.232 e. The normalized spacial score (nSPS) is 18.8. The molecular weight excluding hydrogens is 258 g/mol. The maximum atomic E-state index is 12.1. The Morgan fingerprint density at radius 3 is 3.11 bits per heavy atom. The minimum absolute atomic E-state index is 0.0482. The number of nitrogens with zero attached hydrogens (tertiary/aromatic N) is 1. The summed E-state index contributed by atoms with van der Waals surface area (Å²) in [6.45, 7) is 2.97. The Bertz CT molecular complexity index is 436. The van der Waals surface area contributed by atoms with Gasteiger partial charge in [0, 0.05) is 12.3 Å². The van der Waals surface area contributed by atoms with Crippen LogP contribution in [0.25, 0.3) is 0 Å². The molecule has 1 aliphatic rings. The number of likely N-dealkylation sites (tertiary alicyclic amines) is 1. The Kier molecular flexibility index (Phi) is 5.28. The van der Waals surface area contributed by atoms with Crippen molar-refractivity contribution in [2.45, 2.75) is 31.6 Å². The fourth-order valence-electron chi connectivity index (χ4n) is 2.49. The van der Waals surface area contributed by atoms with Gasteiger partial charge in [0.05, 0.1) is 18.4 Å². The highest BCUT2D eigenvalue weighted by molar-refractivity contribution is 7.99. The van der Waals surface area contributed by atoms with E-state index in [-0.39, 0.29) is 18.6 Å². The Balaban J connectivity index is 1.78. The number of aliphatic hydroxyl groups excluding tert-OH is 1. The molecule has 1 aromatic carbocycles. The van der Waals surface area contributed by atoms with E-state index in [1.807, 2.05) is 4.90 Å². The van der Waals surface area contributed by atoms with E-state index in [0.717, 1.165) is 25.1 Å². The number of amides is 1. The van der Waals surface area contributed by atoms with Crippen molar-refractivity contribution in [3.8, 4) is 0 Å². The fourth-order valence-corrected chi connectivity index (χ4v) is 3.35. The van der Waals surface area contributed by atoms with Crippen LogP contribution < -0.4 is 0 Å². The number of aryl methyl sites for hydroxylation is 1. The van der Waals surface area contributed by atoms with Gasteiger partial charge in [-0.1, -0.05) is 29.8 Å². The van der Waals surface area contributed by atoms with Crippen LogP contribution in [-0.4, -0.2) is 40.9 Å². The number of hydrogen-bond acceptors (Lipinski definition) is 3. The predicted molar refractivity (Wildman–Crippen MR) is 79.2 cm³/mol. The van der Waals surface area contributed by atoms with Crippen molar-refractivity contribution < 1.29 is 9.90 Å². The summed E-state index contributed by atoms with van der Waals surface area (Å²) in [5.74, 6) is 1.53. The molecule has 3 nitrogen and oxygen atoms in total. The quantitative estimate of drug-likeness (QED) is 0.898. The molecule has 19 heavy (non-hydrogen) atoms. The zero-order valence-electron chi connectivity index (χ0n) is 11.3. The number of aliphatic hydroxyl groups is 1. The molecule has 1 N–H and O–H groups in total. The van der Waals surface area contributed by atoms with Crippen LogP contribution >= 0.6 is 11.8 Å². The van der Waals surface area contributed by atoms with Crippen molar-refractivity contribution >= 4 is 17.7 Å². The van der Waals surface area contributed by atoms with Crippen LogP contribution in [0.4, 0.5) is 0 Å². The standard InChI is InChI=1S/C15H21NO2S/c1-12-4-2-5-13(8-12)10-19-11-15(18)16-7-3-6-14(16)9-17/h2,4-5,8,14,17H,3,6-7,9-11H2,1H3. The third-order valence-corrected chi connectivity index (χ3v) is 4.47. The van der Waals surface area contributed by atoms with Crippen LogP contribution in [0.3, 0.4) is 0 Å². The summed E-state index contributed by atoms with van der Waals surface area (Å²) in [5, 5.41) is 9.22. The Morgan fingerprint density at radius 2 is 2.37 bits per heavy atom. The first-order valence-corrected chi connectivity index (χ1v) is 7.90. The minimum Gasteiger partial charge on any atom is -0.394 e. The van der Waals surface area contributed by atoms with Gasteiger partial charge >= 0.3 is 0 Å². The third-order valence-electron chi connectivity index (χ3n) is 3.48. The number of thioether (sulfide) groups is 1. The highest BCUT2D eigenvalue weighted by Crippen LogP contribution is 2.19. The number of carbonyl (C=O) groups excluding carboxylic acids is 1. The second kappa shape index (κ2) is 6.96. The molecule has 0 radical (unpaired) electrons. The Morgan fingerprint density at radius 1 is 1.53 bits per heavy atom. The molecule has 1 aromatic rings. The van der Waals surface area contributed by atoms with Crippen LogP contribution in [0.15, 0.2) is 24.3 Å². The first kappa shape index (κ1) is 14.4. The van der Waals surface area contributed by atoms with E-state index in [9.17, 15) is 9.90 Å². The molecule has 1 atom stereocenters. The van der Waals surface area contributed by atoms with Crippen LogP contribution in [0.2, 0.25) is 0 Å². The van der Waals surface area contributed by atoms with Crippen molar-refractivity contribution in [3.63, 3.8) is 0 Å². The van der Waals surface area contributed by atoms with Gasteiger partial charge in [-0.2, -0.15) is 0 Å². The molecule has 0 bridgehead atoms. The van der Waals surface area contributed by atoms with E-state index in [2.05, 4.69) is 31.2 Å². The number of carbonyl (C=O) groups is 1. The number of rotatable bonds is 5. The van der Waals surface area contributed by atoms with Crippen LogP contribution in [0.1, 0.15) is 24.0 Å². The summed E-state index contributed by atoms with van der Waals surface area (Å²) in [7, 11) is 0. The van der Waals surface area contributed by atoms with Crippen LogP contribution in [0.5, 0.6) is 0 Å².